The van der Waals surface area contributed by atoms with Crippen molar-refractivity contribution in [2.45, 2.75) is 13.5 Å². The van der Waals surface area contributed by atoms with Gasteiger partial charge in [-0.15, -0.1) is 0 Å². The lowest BCUT2D eigenvalue weighted by Gasteiger charge is -2.03. The molecule has 2 aromatic rings. The molecule has 0 saturated carbocycles. The molecule has 0 saturated heterocycles. The number of phenolic OH excluding ortho intramolecular Hbond substituents is 1. The van der Waals surface area contributed by atoms with Gasteiger partial charge in [0.15, 0.2) is 0 Å². The molecule has 0 spiro atoms. The second-order valence-corrected chi connectivity index (χ2v) is 4.82. The van der Waals surface area contributed by atoms with Crippen LogP contribution in [-0.2, 0) is 20.9 Å². The number of aromatic hydroxyl groups is 1. The van der Waals surface area contributed by atoms with Crippen molar-refractivity contribution in [3.63, 3.8) is 0 Å². The van der Waals surface area contributed by atoms with E-state index in [4.69, 9.17) is 4.74 Å². The standard InChI is InChI=1S/C18H16O5/c1-13-7-8-14(11-16(13)19)9-10-17(20)23-18(21)22-12-15-5-3-2-4-6-15/h2-11,19H,12H2,1H3/b10-9+. The Bertz CT molecular complexity index is 719. The monoisotopic (exact) mass is 312 g/mol. The third kappa shape index (κ3) is 5.32. The van der Waals surface area contributed by atoms with E-state index in [9.17, 15) is 14.7 Å². The van der Waals surface area contributed by atoms with Gasteiger partial charge in [-0.25, -0.2) is 9.59 Å². The maximum atomic E-state index is 11.5. The third-order valence-electron chi connectivity index (χ3n) is 3.03. The Kier molecular flexibility index (Phi) is 5.52. The van der Waals surface area contributed by atoms with Gasteiger partial charge in [0.1, 0.15) is 12.4 Å². The molecule has 0 atom stereocenters. The van der Waals surface area contributed by atoms with Crippen LogP contribution in [0.4, 0.5) is 4.79 Å². The summed E-state index contributed by atoms with van der Waals surface area (Å²) >= 11 is 0. The Morgan fingerprint density at radius 3 is 2.57 bits per heavy atom. The fraction of sp³-hybridized carbons (Fsp3) is 0.111. The minimum absolute atomic E-state index is 0.0303. The lowest BCUT2D eigenvalue weighted by Crippen LogP contribution is -2.11. The Balaban J connectivity index is 1.82. The number of rotatable bonds is 4. The van der Waals surface area contributed by atoms with Crippen molar-refractivity contribution in [3.8, 4) is 5.75 Å². The van der Waals surface area contributed by atoms with Crippen LogP contribution >= 0.6 is 0 Å². The van der Waals surface area contributed by atoms with Crippen molar-refractivity contribution < 1.29 is 24.2 Å². The summed E-state index contributed by atoms with van der Waals surface area (Å²) in [7, 11) is 0. The fourth-order valence-electron chi connectivity index (χ4n) is 1.76. The molecule has 2 rings (SSSR count). The van der Waals surface area contributed by atoms with Crippen molar-refractivity contribution >= 4 is 18.2 Å². The van der Waals surface area contributed by atoms with Gasteiger partial charge in [-0.1, -0.05) is 42.5 Å². The lowest BCUT2D eigenvalue weighted by molar-refractivity contribution is -0.134. The first-order valence-corrected chi connectivity index (χ1v) is 6.95. The molecule has 5 nitrogen and oxygen atoms in total. The second-order valence-electron chi connectivity index (χ2n) is 4.82. The van der Waals surface area contributed by atoms with Crippen LogP contribution in [0.5, 0.6) is 5.75 Å². The number of ether oxygens (including phenoxy) is 2. The van der Waals surface area contributed by atoms with E-state index < -0.39 is 12.1 Å². The number of esters is 1. The van der Waals surface area contributed by atoms with Crippen LogP contribution in [0, 0.1) is 6.92 Å². The van der Waals surface area contributed by atoms with Crippen LogP contribution < -0.4 is 0 Å². The molecule has 2 aromatic carbocycles. The van der Waals surface area contributed by atoms with E-state index in [1.807, 2.05) is 18.2 Å². The minimum atomic E-state index is -1.06. The number of hydrogen-bond donors (Lipinski definition) is 1. The minimum Gasteiger partial charge on any atom is -0.508 e. The molecule has 118 valence electrons. The van der Waals surface area contributed by atoms with Crippen LogP contribution in [-0.4, -0.2) is 17.2 Å². The maximum absolute atomic E-state index is 11.5. The first-order chi connectivity index (χ1) is 11.0. The molecule has 0 unspecified atom stereocenters. The molecule has 0 amide bonds. The van der Waals surface area contributed by atoms with Gasteiger partial charge in [0.25, 0.3) is 0 Å². The molecular weight excluding hydrogens is 296 g/mol. The van der Waals surface area contributed by atoms with Crippen LogP contribution in [0.25, 0.3) is 6.08 Å². The highest BCUT2D eigenvalue weighted by molar-refractivity contribution is 5.93. The van der Waals surface area contributed by atoms with Crippen molar-refractivity contribution in [3.05, 3.63) is 71.3 Å². The summed E-state index contributed by atoms with van der Waals surface area (Å²) in [6, 6.07) is 14.0. The first kappa shape index (κ1) is 16.3. The summed E-state index contributed by atoms with van der Waals surface area (Å²) in [5.74, 6) is -0.717. The molecule has 5 heteroatoms. The van der Waals surface area contributed by atoms with Gasteiger partial charge in [0.2, 0.25) is 0 Å². The second kappa shape index (κ2) is 7.79. The zero-order chi connectivity index (χ0) is 16.7. The molecule has 0 heterocycles. The average molecular weight is 312 g/mol. The number of phenols is 1. The zero-order valence-electron chi connectivity index (χ0n) is 12.6. The van der Waals surface area contributed by atoms with E-state index in [1.54, 1.807) is 31.2 Å². The summed E-state index contributed by atoms with van der Waals surface area (Å²) in [6.07, 6.45) is 1.47. The molecule has 0 bridgehead atoms. The quantitative estimate of drug-likeness (QED) is 0.530. The molecule has 0 aromatic heterocycles. The molecule has 0 radical (unpaired) electrons. The topological polar surface area (TPSA) is 72.8 Å². The number of aryl methyl sites for hydroxylation is 1. The first-order valence-electron chi connectivity index (χ1n) is 6.95. The molecule has 1 N–H and O–H groups in total. The predicted molar refractivity (Wildman–Crippen MR) is 84.6 cm³/mol. The highest BCUT2D eigenvalue weighted by atomic mass is 16.7. The number of carbonyl (C=O) groups excluding carboxylic acids is 2. The van der Waals surface area contributed by atoms with Crippen LogP contribution in [0.1, 0.15) is 16.7 Å². The van der Waals surface area contributed by atoms with Gasteiger partial charge in [-0.3, -0.25) is 0 Å². The van der Waals surface area contributed by atoms with Gasteiger partial charge >= 0.3 is 12.1 Å². The van der Waals surface area contributed by atoms with E-state index in [-0.39, 0.29) is 12.4 Å². The Labute approximate surface area is 133 Å². The SMILES string of the molecule is Cc1ccc(/C=C/C(=O)OC(=O)OCc2ccccc2)cc1O. The highest BCUT2D eigenvalue weighted by Gasteiger charge is 2.09. The molecule has 0 aliphatic heterocycles. The molecular formula is C18H16O5. The fourth-order valence-corrected chi connectivity index (χ4v) is 1.76. The van der Waals surface area contributed by atoms with Gasteiger partial charge in [0.05, 0.1) is 0 Å². The number of benzene rings is 2. The van der Waals surface area contributed by atoms with Crippen molar-refractivity contribution in [1.29, 1.82) is 0 Å². The smallest absolute Gasteiger partial charge is 0.508 e. The Morgan fingerprint density at radius 1 is 1.13 bits per heavy atom. The summed E-state index contributed by atoms with van der Waals surface area (Å²) < 4.78 is 9.33. The van der Waals surface area contributed by atoms with E-state index in [0.29, 0.717) is 5.56 Å². The molecule has 0 fully saturated rings. The zero-order valence-corrected chi connectivity index (χ0v) is 12.6. The summed E-state index contributed by atoms with van der Waals surface area (Å²) in [5.41, 5.74) is 2.14. The molecule has 0 aliphatic carbocycles. The van der Waals surface area contributed by atoms with Gasteiger partial charge in [-0.05, 0) is 35.8 Å². The van der Waals surface area contributed by atoms with Crippen LogP contribution in [0.15, 0.2) is 54.6 Å². The average Bonchev–Trinajstić information content (AvgIpc) is 2.55. The van der Waals surface area contributed by atoms with E-state index in [0.717, 1.165) is 17.2 Å². The lowest BCUT2D eigenvalue weighted by atomic mass is 10.1. The van der Waals surface area contributed by atoms with E-state index in [1.165, 1.54) is 12.1 Å². The van der Waals surface area contributed by atoms with Gasteiger partial charge < -0.3 is 14.6 Å². The Morgan fingerprint density at radius 2 is 1.87 bits per heavy atom. The molecule has 23 heavy (non-hydrogen) atoms. The van der Waals surface area contributed by atoms with E-state index in [2.05, 4.69) is 4.74 Å². The third-order valence-corrected chi connectivity index (χ3v) is 3.03. The largest absolute Gasteiger partial charge is 0.516 e. The van der Waals surface area contributed by atoms with Crippen molar-refractivity contribution in [2.24, 2.45) is 0 Å². The normalized spacial score (nSPS) is 10.5. The summed E-state index contributed by atoms with van der Waals surface area (Å²) in [4.78, 5) is 22.9. The molecule has 0 aliphatic rings. The predicted octanol–water partition coefficient (Wildman–Crippen LogP) is 3.59. The van der Waals surface area contributed by atoms with Gasteiger partial charge in [-0.2, -0.15) is 0 Å². The van der Waals surface area contributed by atoms with Crippen molar-refractivity contribution in [2.75, 3.05) is 0 Å². The maximum Gasteiger partial charge on any atom is 0.516 e. The number of carbonyl (C=O) groups is 2. The van der Waals surface area contributed by atoms with Crippen LogP contribution in [0.2, 0.25) is 0 Å². The highest BCUT2D eigenvalue weighted by Crippen LogP contribution is 2.18. The van der Waals surface area contributed by atoms with E-state index >= 15 is 0 Å². The van der Waals surface area contributed by atoms with Crippen LogP contribution in [0.3, 0.4) is 0 Å². The van der Waals surface area contributed by atoms with Gasteiger partial charge in [0, 0.05) is 6.08 Å². The summed E-state index contributed by atoms with van der Waals surface area (Å²) in [6.45, 7) is 1.79. The number of hydrogen-bond acceptors (Lipinski definition) is 5. The van der Waals surface area contributed by atoms with Crippen molar-refractivity contribution in [1.82, 2.24) is 0 Å². The Hall–Kier alpha value is -3.08. The summed E-state index contributed by atoms with van der Waals surface area (Å²) in [5, 5.41) is 9.56.